The van der Waals surface area contributed by atoms with Gasteiger partial charge in [0.15, 0.2) is 5.76 Å². The van der Waals surface area contributed by atoms with Crippen LogP contribution in [0.15, 0.2) is 11.5 Å². The Morgan fingerprint density at radius 3 is 3.00 bits per heavy atom. The minimum absolute atomic E-state index is 0.00954. The highest BCUT2D eigenvalue weighted by atomic mass is 32.2. The molecule has 0 amide bonds. The first-order chi connectivity index (χ1) is 4.88. The quantitative estimate of drug-likeness (QED) is 0.551. The second kappa shape index (κ2) is 2.36. The number of hydrogen-bond donors (Lipinski definition) is 1. The summed E-state index contributed by atoms with van der Waals surface area (Å²) in [7, 11) is 0. The van der Waals surface area contributed by atoms with Crippen molar-refractivity contribution >= 4 is 11.8 Å². The predicted molar refractivity (Wildman–Crippen MR) is 39.4 cm³/mol. The fraction of sp³-hybridized carbons (Fsp3) is 0.667. The van der Waals surface area contributed by atoms with Crippen LogP contribution in [0.3, 0.4) is 0 Å². The Morgan fingerprint density at radius 2 is 2.20 bits per heavy atom. The highest BCUT2D eigenvalue weighted by Crippen LogP contribution is 2.32. The van der Waals surface area contributed by atoms with Gasteiger partial charge < -0.3 is 15.2 Å². The summed E-state index contributed by atoms with van der Waals surface area (Å²) < 4.78 is 10.6. The van der Waals surface area contributed by atoms with Crippen LogP contribution in [-0.4, -0.2) is 24.3 Å². The molecule has 0 saturated carbocycles. The minimum atomic E-state index is 0.00954. The average molecular weight is 159 g/mol. The number of hydrogen-bond acceptors (Lipinski definition) is 4. The second-order valence-electron chi connectivity index (χ2n) is 2.22. The van der Waals surface area contributed by atoms with Gasteiger partial charge in [-0.1, -0.05) is 0 Å². The monoisotopic (exact) mass is 159 g/mol. The van der Waals surface area contributed by atoms with E-state index in [0.29, 0.717) is 13.2 Å². The van der Waals surface area contributed by atoms with Gasteiger partial charge in [0.1, 0.15) is 24.3 Å². The van der Waals surface area contributed by atoms with E-state index < -0.39 is 0 Å². The van der Waals surface area contributed by atoms with E-state index in [2.05, 4.69) is 0 Å². The molecule has 0 saturated heterocycles. The smallest absolute Gasteiger partial charge is 0.161 e. The SMILES string of the molecule is NC1SCC2=C1OCCO2. The summed E-state index contributed by atoms with van der Waals surface area (Å²) in [5, 5.41) is 0.00954. The molecule has 0 aromatic heterocycles. The number of ether oxygens (including phenoxy) is 2. The maximum absolute atomic E-state index is 5.69. The molecule has 1 atom stereocenters. The van der Waals surface area contributed by atoms with E-state index >= 15 is 0 Å². The van der Waals surface area contributed by atoms with Crippen molar-refractivity contribution in [1.29, 1.82) is 0 Å². The standard InChI is InChI=1S/C6H9NO2S/c7-6-5-4(3-10-6)8-1-2-9-5/h6H,1-3,7H2. The first-order valence-corrected chi connectivity index (χ1v) is 4.28. The largest absolute Gasteiger partial charge is 0.490 e. The first-order valence-electron chi connectivity index (χ1n) is 3.24. The van der Waals surface area contributed by atoms with Gasteiger partial charge in [-0.05, 0) is 0 Å². The lowest BCUT2D eigenvalue weighted by Crippen LogP contribution is -2.22. The fourth-order valence-electron chi connectivity index (χ4n) is 1.06. The maximum Gasteiger partial charge on any atom is 0.161 e. The highest BCUT2D eigenvalue weighted by Gasteiger charge is 2.28. The van der Waals surface area contributed by atoms with Gasteiger partial charge in [-0.3, -0.25) is 0 Å². The van der Waals surface area contributed by atoms with Crippen LogP contribution in [0.4, 0.5) is 0 Å². The molecule has 2 aliphatic heterocycles. The van der Waals surface area contributed by atoms with E-state index in [4.69, 9.17) is 15.2 Å². The minimum Gasteiger partial charge on any atom is -0.490 e. The third kappa shape index (κ3) is 0.876. The van der Waals surface area contributed by atoms with Crippen LogP contribution in [0.1, 0.15) is 0 Å². The van der Waals surface area contributed by atoms with Crippen molar-refractivity contribution in [2.75, 3.05) is 19.0 Å². The molecule has 2 rings (SSSR count). The summed E-state index contributed by atoms with van der Waals surface area (Å²) in [6, 6.07) is 0. The normalized spacial score (nSPS) is 31.1. The van der Waals surface area contributed by atoms with Crippen LogP contribution in [-0.2, 0) is 9.47 Å². The van der Waals surface area contributed by atoms with Gasteiger partial charge in [0.25, 0.3) is 0 Å². The lowest BCUT2D eigenvalue weighted by atomic mass is 10.4. The van der Waals surface area contributed by atoms with Crippen LogP contribution in [0.2, 0.25) is 0 Å². The zero-order chi connectivity index (χ0) is 6.97. The molecule has 4 heteroatoms. The van der Waals surface area contributed by atoms with Gasteiger partial charge in [0, 0.05) is 0 Å². The molecule has 2 N–H and O–H groups in total. The molecular weight excluding hydrogens is 150 g/mol. The lowest BCUT2D eigenvalue weighted by Gasteiger charge is -2.17. The lowest BCUT2D eigenvalue weighted by molar-refractivity contribution is 0.0644. The van der Waals surface area contributed by atoms with E-state index in [0.717, 1.165) is 17.3 Å². The highest BCUT2D eigenvalue weighted by molar-refractivity contribution is 8.00. The van der Waals surface area contributed by atoms with E-state index in [1.165, 1.54) is 0 Å². The summed E-state index contributed by atoms with van der Waals surface area (Å²) in [6.07, 6.45) is 0. The van der Waals surface area contributed by atoms with Crippen LogP contribution < -0.4 is 5.73 Å². The summed E-state index contributed by atoms with van der Waals surface area (Å²) in [5.41, 5.74) is 5.69. The Hall–Kier alpha value is -0.350. The van der Waals surface area contributed by atoms with Crippen molar-refractivity contribution in [3.05, 3.63) is 11.5 Å². The molecule has 0 aromatic rings. The zero-order valence-corrected chi connectivity index (χ0v) is 6.32. The molecule has 56 valence electrons. The first kappa shape index (κ1) is 6.37. The van der Waals surface area contributed by atoms with Crippen molar-refractivity contribution in [1.82, 2.24) is 0 Å². The Balaban J connectivity index is 2.20. The van der Waals surface area contributed by atoms with Crippen molar-refractivity contribution < 1.29 is 9.47 Å². The molecule has 1 unspecified atom stereocenters. The second-order valence-corrected chi connectivity index (χ2v) is 3.35. The summed E-state index contributed by atoms with van der Waals surface area (Å²) in [5.74, 6) is 2.68. The van der Waals surface area contributed by atoms with Crippen LogP contribution in [0, 0.1) is 0 Å². The topological polar surface area (TPSA) is 44.5 Å². The van der Waals surface area contributed by atoms with Crippen LogP contribution in [0.5, 0.6) is 0 Å². The molecule has 0 aliphatic carbocycles. The van der Waals surface area contributed by atoms with Crippen LogP contribution >= 0.6 is 11.8 Å². The Morgan fingerprint density at radius 1 is 1.40 bits per heavy atom. The predicted octanol–water partition coefficient (Wildman–Crippen LogP) is 0.276. The van der Waals surface area contributed by atoms with E-state index in [-0.39, 0.29) is 5.37 Å². The van der Waals surface area contributed by atoms with E-state index in [1.807, 2.05) is 0 Å². The average Bonchev–Trinajstić information content (AvgIpc) is 2.34. The van der Waals surface area contributed by atoms with Gasteiger partial charge >= 0.3 is 0 Å². The third-order valence-electron chi connectivity index (χ3n) is 1.54. The molecule has 0 radical (unpaired) electrons. The van der Waals surface area contributed by atoms with Crippen molar-refractivity contribution in [3.63, 3.8) is 0 Å². The molecule has 2 heterocycles. The van der Waals surface area contributed by atoms with E-state index in [9.17, 15) is 0 Å². The van der Waals surface area contributed by atoms with E-state index in [1.54, 1.807) is 11.8 Å². The van der Waals surface area contributed by atoms with Crippen LogP contribution in [0.25, 0.3) is 0 Å². The molecular formula is C6H9NO2S. The molecule has 0 bridgehead atoms. The van der Waals surface area contributed by atoms with Gasteiger partial charge in [0.05, 0.1) is 5.75 Å². The van der Waals surface area contributed by atoms with Gasteiger partial charge in [-0.2, -0.15) is 0 Å². The molecule has 0 spiro atoms. The molecule has 0 aromatic carbocycles. The Kier molecular flexibility index (Phi) is 1.50. The number of nitrogens with two attached hydrogens (primary N) is 1. The summed E-state index contributed by atoms with van der Waals surface area (Å²) in [6.45, 7) is 1.32. The number of thioether (sulfide) groups is 1. The summed E-state index contributed by atoms with van der Waals surface area (Å²) >= 11 is 1.66. The maximum atomic E-state index is 5.69. The van der Waals surface area contributed by atoms with Gasteiger partial charge in [-0.25, -0.2) is 0 Å². The third-order valence-corrected chi connectivity index (χ3v) is 2.55. The van der Waals surface area contributed by atoms with Gasteiger partial charge in [0.2, 0.25) is 0 Å². The number of rotatable bonds is 0. The summed E-state index contributed by atoms with van der Waals surface area (Å²) in [4.78, 5) is 0. The molecule has 0 fully saturated rings. The fourth-order valence-corrected chi connectivity index (χ4v) is 1.97. The molecule has 3 nitrogen and oxygen atoms in total. The Bertz CT molecular complexity index is 181. The van der Waals surface area contributed by atoms with Crippen molar-refractivity contribution in [3.8, 4) is 0 Å². The molecule has 10 heavy (non-hydrogen) atoms. The zero-order valence-electron chi connectivity index (χ0n) is 5.50. The van der Waals surface area contributed by atoms with Crippen molar-refractivity contribution in [2.45, 2.75) is 5.37 Å². The Labute approximate surface area is 63.6 Å². The van der Waals surface area contributed by atoms with Gasteiger partial charge in [-0.15, -0.1) is 11.8 Å². The van der Waals surface area contributed by atoms with Crippen molar-refractivity contribution in [2.24, 2.45) is 5.73 Å². The molecule has 2 aliphatic rings.